The van der Waals surface area contributed by atoms with Crippen LogP contribution in [0.5, 0.6) is 0 Å². The van der Waals surface area contributed by atoms with Crippen LogP contribution in [0.3, 0.4) is 0 Å². The van der Waals surface area contributed by atoms with Gasteiger partial charge in [-0.3, -0.25) is 0 Å². The molecule has 0 aliphatic carbocycles. The Balaban J connectivity index is 1.84. The van der Waals surface area contributed by atoms with Gasteiger partial charge < -0.3 is 4.42 Å². The number of fused-ring (bicyclic) bond motifs is 1. The highest BCUT2D eigenvalue weighted by molar-refractivity contribution is 6.20. The molecule has 1 atom stereocenters. The average molecular weight is 285 g/mol. The van der Waals surface area contributed by atoms with Gasteiger partial charge in [-0.2, -0.15) is 0 Å². The molecule has 2 heteroatoms. The zero-order chi connectivity index (χ0) is 14.1. The van der Waals surface area contributed by atoms with Gasteiger partial charge in [0.25, 0.3) is 0 Å². The zero-order valence-electron chi connectivity index (χ0n) is 11.7. The molecule has 0 spiro atoms. The van der Waals surface area contributed by atoms with E-state index in [0.29, 0.717) is 0 Å². The number of aryl methyl sites for hydroxylation is 2. The average Bonchev–Trinajstić information content (AvgIpc) is 2.84. The van der Waals surface area contributed by atoms with Gasteiger partial charge >= 0.3 is 0 Å². The van der Waals surface area contributed by atoms with Crippen LogP contribution in [-0.4, -0.2) is 0 Å². The van der Waals surface area contributed by atoms with Crippen molar-refractivity contribution in [1.82, 2.24) is 0 Å². The number of alkyl halides is 1. The summed E-state index contributed by atoms with van der Waals surface area (Å²) >= 11 is 6.50. The predicted octanol–water partition coefficient (Wildman–Crippen LogP) is 5.57. The van der Waals surface area contributed by atoms with Gasteiger partial charge in [0.15, 0.2) is 0 Å². The van der Waals surface area contributed by atoms with E-state index in [0.717, 1.165) is 23.2 Å². The Kier molecular flexibility index (Phi) is 3.54. The molecule has 3 rings (SSSR count). The molecule has 0 saturated carbocycles. The van der Waals surface area contributed by atoms with Crippen molar-refractivity contribution >= 4 is 22.6 Å². The summed E-state index contributed by atoms with van der Waals surface area (Å²) < 4.78 is 5.85. The summed E-state index contributed by atoms with van der Waals surface area (Å²) in [4.78, 5) is 0. The topological polar surface area (TPSA) is 13.1 Å². The summed E-state index contributed by atoms with van der Waals surface area (Å²) in [7, 11) is 0. The molecular weight excluding hydrogens is 268 g/mol. The number of hydrogen-bond acceptors (Lipinski definition) is 1. The van der Waals surface area contributed by atoms with Gasteiger partial charge in [-0.25, -0.2) is 0 Å². The van der Waals surface area contributed by atoms with E-state index in [4.69, 9.17) is 16.0 Å². The van der Waals surface area contributed by atoms with Crippen molar-refractivity contribution in [2.24, 2.45) is 0 Å². The van der Waals surface area contributed by atoms with E-state index >= 15 is 0 Å². The molecule has 0 fully saturated rings. The van der Waals surface area contributed by atoms with Crippen LogP contribution in [0, 0.1) is 13.8 Å². The highest BCUT2D eigenvalue weighted by Gasteiger charge is 2.14. The van der Waals surface area contributed by atoms with Gasteiger partial charge in [-0.1, -0.05) is 41.5 Å². The zero-order valence-corrected chi connectivity index (χ0v) is 12.4. The van der Waals surface area contributed by atoms with Crippen molar-refractivity contribution in [3.8, 4) is 0 Å². The first-order chi connectivity index (χ1) is 9.61. The largest absolute Gasteiger partial charge is 0.459 e. The summed E-state index contributed by atoms with van der Waals surface area (Å²) in [5.41, 5.74) is 4.63. The Bertz CT molecular complexity index is 725. The molecule has 0 saturated heterocycles. The van der Waals surface area contributed by atoms with E-state index in [1.165, 1.54) is 16.7 Å². The lowest BCUT2D eigenvalue weighted by atomic mass is 10.1. The second-order valence-electron chi connectivity index (χ2n) is 5.35. The maximum Gasteiger partial charge on any atom is 0.134 e. The van der Waals surface area contributed by atoms with Crippen LogP contribution >= 0.6 is 11.6 Å². The third kappa shape index (κ3) is 2.73. The molecule has 3 aromatic rings. The smallest absolute Gasteiger partial charge is 0.134 e. The van der Waals surface area contributed by atoms with Crippen LogP contribution in [0.15, 0.2) is 52.9 Å². The number of hydrogen-bond donors (Lipinski definition) is 0. The molecule has 0 radical (unpaired) electrons. The van der Waals surface area contributed by atoms with E-state index in [9.17, 15) is 0 Å². The van der Waals surface area contributed by atoms with Crippen LogP contribution in [0.4, 0.5) is 0 Å². The summed E-state index contributed by atoms with van der Waals surface area (Å²) in [6, 6.07) is 16.7. The summed E-state index contributed by atoms with van der Waals surface area (Å²) in [6.07, 6.45) is 0.778. The SMILES string of the molecule is Cc1ccc(CC(Cl)c2cc3cc(C)ccc3o2)cc1. The van der Waals surface area contributed by atoms with E-state index in [-0.39, 0.29) is 5.38 Å². The minimum atomic E-state index is -0.134. The minimum Gasteiger partial charge on any atom is -0.459 e. The quantitative estimate of drug-likeness (QED) is 0.573. The fourth-order valence-corrected chi connectivity index (χ4v) is 2.66. The second kappa shape index (κ2) is 5.34. The van der Waals surface area contributed by atoms with Crippen LogP contribution in [0.2, 0.25) is 0 Å². The first-order valence-electron chi connectivity index (χ1n) is 6.81. The number of furan rings is 1. The Hall–Kier alpha value is -1.73. The highest BCUT2D eigenvalue weighted by atomic mass is 35.5. The number of halogens is 1. The Labute approximate surface area is 124 Å². The Morgan fingerprint density at radius 3 is 2.40 bits per heavy atom. The molecule has 1 unspecified atom stereocenters. The maximum absolute atomic E-state index is 6.50. The summed E-state index contributed by atoms with van der Waals surface area (Å²) in [5, 5.41) is 0.986. The molecule has 20 heavy (non-hydrogen) atoms. The second-order valence-corrected chi connectivity index (χ2v) is 5.87. The monoisotopic (exact) mass is 284 g/mol. The van der Waals surface area contributed by atoms with Gasteiger partial charge in [-0.05, 0) is 44.0 Å². The normalized spacial score (nSPS) is 12.8. The third-order valence-corrected chi connectivity index (χ3v) is 3.90. The molecule has 1 nitrogen and oxygen atoms in total. The standard InChI is InChI=1S/C18H17ClO/c1-12-3-6-14(7-4-12)10-16(19)18-11-15-9-13(2)5-8-17(15)20-18/h3-9,11,16H,10H2,1-2H3. The first-order valence-corrected chi connectivity index (χ1v) is 7.25. The van der Waals surface area contributed by atoms with Gasteiger partial charge in [-0.15, -0.1) is 11.6 Å². The van der Waals surface area contributed by atoms with Crippen molar-refractivity contribution in [2.75, 3.05) is 0 Å². The minimum absolute atomic E-state index is 0.134. The fraction of sp³-hybridized carbons (Fsp3) is 0.222. The number of rotatable bonds is 3. The maximum atomic E-state index is 6.50. The van der Waals surface area contributed by atoms with E-state index < -0.39 is 0 Å². The van der Waals surface area contributed by atoms with Crippen molar-refractivity contribution in [1.29, 1.82) is 0 Å². The van der Waals surface area contributed by atoms with Crippen molar-refractivity contribution in [3.05, 3.63) is 71.0 Å². The van der Waals surface area contributed by atoms with Gasteiger partial charge in [0, 0.05) is 5.39 Å². The van der Waals surface area contributed by atoms with E-state index in [2.05, 4.69) is 50.2 Å². The Morgan fingerprint density at radius 1 is 0.950 bits per heavy atom. The van der Waals surface area contributed by atoms with Crippen LogP contribution in [-0.2, 0) is 6.42 Å². The molecule has 102 valence electrons. The molecule has 0 N–H and O–H groups in total. The van der Waals surface area contributed by atoms with Crippen molar-refractivity contribution in [2.45, 2.75) is 25.6 Å². The van der Waals surface area contributed by atoms with Gasteiger partial charge in [0.1, 0.15) is 11.3 Å². The molecular formula is C18H17ClO. The summed E-state index contributed by atoms with van der Waals surface area (Å²) in [6.45, 7) is 4.17. The lowest BCUT2D eigenvalue weighted by Crippen LogP contribution is -1.94. The van der Waals surface area contributed by atoms with Crippen LogP contribution in [0.25, 0.3) is 11.0 Å². The molecule has 0 bridgehead atoms. The Morgan fingerprint density at radius 2 is 1.65 bits per heavy atom. The fourth-order valence-electron chi connectivity index (χ4n) is 2.37. The van der Waals surface area contributed by atoms with Gasteiger partial charge in [0.05, 0.1) is 5.38 Å². The molecule has 1 aromatic heterocycles. The molecule has 1 heterocycles. The van der Waals surface area contributed by atoms with E-state index in [1.807, 2.05) is 12.1 Å². The molecule has 2 aromatic carbocycles. The van der Waals surface area contributed by atoms with Crippen molar-refractivity contribution in [3.63, 3.8) is 0 Å². The lowest BCUT2D eigenvalue weighted by molar-refractivity contribution is 0.540. The summed E-state index contributed by atoms with van der Waals surface area (Å²) in [5.74, 6) is 0.841. The predicted molar refractivity (Wildman–Crippen MR) is 84.4 cm³/mol. The highest BCUT2D eigenvalue weighted by Crippen LogP contribution is 2.30. The third-order valence-electron chi connectivity index (χ3n) is 3.54. The van der Waals surface area contributed by atoms with E-state index in [1.54, 1.807) is 0 Å². The van der Waals surface area contributed by atoms with Crippen molar-refractivity contribution < 1.29 is 4.42 Å². The molecule has 0 aliphatic heterocycles. The van der Waals surface area contributed by atoms with Crippen LogP contribution < -0.4 is 0 Å². The van der Waals surface area contributed by atoms with Crippen LogP contribution in [0.1, 0.15) is 27.8 Å². The lowest BCUT2D eigenvalue weighted by Gasteiger charge is -2.06. The molecule has 0 aliphatic rings. The van der Waals surface area contributed by atoms with Gasteiger partial charge in [0.2, 0.25) is 0 Å². The molecule has 0 amide bonds. The first kappa shape index (κ1) is 13.3. The number of benzene rings is 2.